The Morgan fingerprint density at radius 1 is 1.46 bits per heavy atom. The summed E-state index contributed by atoms with van der Waals surface area (Å²) in [6.45, 7) is 0.423. The lowest BCUT2D eigenvalue weighted by Gasteiger charge is -2.23. The highest BCUT2D eigenvalue weighted by atomic mass is 35.5. The molecule has 2 rings (SSSR count). The van der Waals surface area contributed by atoms with E-state index in [0.717, 1.165) is 18.0 Å². The van der Waals surface area contributed by atoms with Crippen LogP contribution in [0.4, 0.5) is 4.39 Å². The van der Waals surface area contributed by atoms with Gasteiger partial charge in [0, 0.05) is 17.6 Å². The molecule has 0 saturated heterocycles. The fraction of sp³-hybridized carbons (Fsp3) is 0.400. The fourth-order valence-electron chi connectivity index (χ4n) is 1.66. The summed E-state index contributed by atoms with van der Waals surface area (Å²) >= 11 is 5.85. The summed E-state index contributed by atoms with van der Waals surface area (Å²) in [7, 11) is 0. The van der Waals surface area contributed by atoms with Crippen LogP contribution < -0.4 is 5.32 Å². The lowest BCUT2D eigenvalue weighted by Crippen LogP contribution is -2.36. The van der Waals surface area contributed by atoms with Gasteiger partial charge in [0.2, 0.25) is 0 Å². The third-order valence-electron chi connectivity index (χ3n) is 2.40. The van der Waals surface area contributed by atoms with Gasteiger partial charge in [-0.15, -0.1) is 0 Å². The van der Waals surface area contributed by atoms with Gasteiger partial charge in [0.25, 0.3) is 0 Å². The molecule has 0 saturated carbocycles. The Hall–Kier alpha value is -0.600. The molecule has 3 heteroatoms. The SMILES string of the molecule is FCC1Cc2ccc(Cl)cc2CN1. The molecule has 1 unspecified atom stereocenters. The first-order valence-corrected chi connectivity index (χ1v) is 4.74. The molecule has 0 amide bonds. The Balaban J connectivity index is 2.26. The van der Waals surface area contributed by atoms with Crippen LogP contribution in [0.15, 0.2) is 18.2 Å². The molecule has 0 aliphatic carbocycles. The number of halogens is 2. The predicted octanol–water partition coefficient (Wildman–Crippen LogP) is 2.32. The largest absolute Gasteiger partial charge is 0.307 e. The van der Waals surface area contributed by atoms with E-state index in [-0.39, 0.29) is 12.7 Å². The average molecular weight is 200 g/mol. The second-order valence-corrected chi connectivity index (χ2v) is 3.79. The molecule has 1 aliphatic heterocycles. The quantitative estimate of drug-likeness (QED) is 0.732. The molecule has 0 spiro atoms. The third-order valence-corrected chi connectivity index (χ3v) is 2.64. The van der Waals surface area contributed by atoms with Crippen molar-refractivity contribution in [3.8, 4) is 0 Å². The number of hydrogen-bond acceptors (Lipinski definition) is 1. The van der Waals surface area contributed by atoms with Gasteiger partial charge in [0.15, 0.2) is 0 Å². The summed E-state index contributed by atoms with van der Waals surface area (Å²) < 4.78 is 12.4. The number of rotatable bonds is 1. The lowest BCUT2D eigenvalue weighted by molar-refractivity contribution is 0.359. The molecule has 1 aromatic carbocycles. The van der Waals surface area contributed by atoms with Crippen molar-refractivity contribution in [3.63, 3.8) is 0 Å². The van der Waals surface area contributed by atoms with Crippen molar-refractivity contribution in [2.45, 2.75) is 19.0 Å². The second kappa shape index (κ2) is 3.64. The first-order valence-electron chi connectivity index (χ1n) is 4.36. The van der Waals surface area contributed by atoms with E-state index >= 15 is 0 Å². The van der Waals surface area contributed by atoms with Crippen molar-refractivity contribution in [3.05, 3.63) is 34.3 Å². The molecule has 70 valence electrons. The second-order valence-electron chi connectivity index (χ2n) is 3.35. The molecule has 1 N–H and O–H groups in total. The topological polar surface area (TPSA) is 12.0 Å². The first-order chi connectivity index (χ1) is 6.29. The number of fused-ring (bicyclic) bond motifs is 1. The van der Waals surface area contributed by atoms with Crippen LogP contribution in [0.1, 0.15) is 11.1 Å². The molecule has 1 nitrogen and oxygen atoms in total. The highest BCUT2D eigenvalue weighted by Gasteiger charge is 2.17. The molecule has 1 aliphatic rings. The fourth-order valence-corrected chi connectivity index (χ4v) is 1.85. The Labute approximate surface area is 81.9 Å². The molecule has 13 heavy (non-hydrogen) atoms. The summed E-state index contributed by atoms with van der Waals surface area (Å²) in [5.74, 6) is 0. The van der Waals surface area contributed by atoms with Crippen LogP contribution in [0.3, 0.4) is 0 Å². The van der Waals surface area contributed by atoms with E-state index in [0.29, 0.717) is 0 Å². The predicted molar refractivity (Wildman–Crippen MR) is 51.8 cm³/mol. The van der Waals surface area contributed by atoms with Gasteiger partial charge in [-0.25, -0.2) is 4.39 Å². The van der Waals surface area contributed by atoms with Gasteiger partial charge in [-0.05, 0) is 29.7 Å². The Morgan fingerprint density at radius 3 is 3.08 bits per heavy atom. The Kier molecular flexibility index (Phi) is 2.51. The van der Waals surface area contributed by atoms with Crippen LogP contribution >= 0.6 is 11.6 Å². The Morgan fingerprint density at radius 2 is 2.31 bits per heavy atom. The van der Waals surface area contributed by atoms with E-state index in [1.165, 1.54) is 11.1 Å². The highest BCUT2D eigenvalue weighted by molar-refractivity contribution is 6.30. The lowest BCUT2D eigenvalue weighted by atomic mass is 9.96. The summed E-state index contributed by atoms with van der Waals surface area (Å²) in [6.07, 6.45) is 0.767. The number of alkyl halides is 1. The number of nitrogens with one attached hydrogen (secondary N) is 1. The molecule has 0 aromatic heterocycles. The molecule has 1 atom stereocenters. The third kappa shape index (κ3) is 1.84. The van der Waals surface area contributed by atoms with Gasteiger partial charge >= 0.3 is 0 Å². The molecular weight excluding hydrogens is 189 g/mol. The van der Waals surface area contributed by atoms with E-state index in [1.54, 1.807) is 0 Å². The van der Waals surface area contributed by atoms with Crippen LogP contribution in [0.2, 0.25) is 5.02 Å². The standard InChI is InChI=1S/C10H11ClFN/c11-9-2-1-7-4-10(5-12)13-6-8(7)3-9/h1-3,10,13H,4-6H2. The minimum Gasteiger partial charge on any atom is -0.307 e. The van der Waals surface area contributed by atoms with Gasteiger partial charge in [-0.2, -0.15) is 0 Å². The van der Waals surface area contributed by atoms with Crippen molar-refractivity contribution in [1.82, 2.24) is 5.32 Å². The molecule has 0 fully saturated rings. The maximum atomic E-state index is 12.4. The highest BCUT2D eigenvalue weighted by Crippen LogP contribution is 2.20. The molecule has 0 radical (unpaired) electrons. The summed E-state index contributed by atoms with van der Waals surface area (Å²) in [6, 6.07) is 5.77. The van der Waals surface area contributed by atoms with E-state index in [9.17, 15) is 4.39 Å². The van der Waals surface area contributed by atoms with E-state index in [1.807, 2.05) is 18.2 Å². The molecule has 0 bridgehead atoms. The monoisotopic (exact) mass is 199 g/mol. The van der Waals surface area contributed by atoms with Crippen molar-refractivity contribution >= 4 is 11.6 Å². The molecular formula is C10H11ClFN. The van der Waals surface area contributed by atoms with Crippen LogP contribution in [-0.4, -0.2) is 12.7 Å². The average Bonchev–Trinajstić information content (AvgIpc) is 2.17. The van der Waals surface area contributed by atoms with Gasteiger partial charge < -0.3 is 5.32 Å². The maximum absolute atomic E-state index is 12.4. The summed E-state index contributed by atoms with van der Waals surface area (Å²) in [5.41, 5.74) is 2.41. The van der Waals surface area contributed by atoms with Gasteiger partial charge in [0.05, 0.1) is 0 Å². The van der Waals surface area contributed by atoms with Crippen molar-refractivity contribution in [2.75, 3.05) is 6.67 Å². The van der Waals surface area contributed by atoms with Crippen LogP contribution in [0.25, 0.3) is 0 Å². The normalized spacial score (nSPS) is 21.2. The van der Waals surface area contributed by atoms with Crippen LogP contribution in [0, 0.1) is 0 Å². The smallest absolute Gasteiger partial charge is 0.105 e. The van der Waals surface area contributed by atoms with Gasteiger partial charge in [-0.3, -0.25) is 0 Å². The van der Waals surface area contributed by atoms with E-state index < -0.39 is 0 Å². The summed E-state index contributed by atoms with van der Waals surface area (Å²) in [4.78, 5) is 0. The van der Waals surface area contributed by atoms with Crippen LogP contribution in [-0.2, 0) is 13.0 Å². The van der Waals surface area contributed by atoms with Crippen molar-refractivity contribution in [2.24, 2.45) is 0 Å². The van der Waals surface area contributed by atoms with Gasteiger partial charge in [-0.1, -0.05) is 17.7 Å². The number of hydrogen-bond donors (Lipinski definition) is 1. The maximum Gasteiger partial charge on any atom is 0.105 e. The molecule has 1 aromatic rings. The van der Waals surface area contributed by atoms with Crippen molar-refractivity contribution in [1.29, 1.82) is 0 Å². The van der Waals surface area contributed by atoms with Gasteiger partial charge in [0.1, 0.15) is 6.67 Å². The Bertz CT molecular complexity index is 314. The van der Waals surface area contributed by atoms with E-state index in [4.69, 9.17) is 11.6 Å². The minimum atomic E-state index is -0.304. The zero-order valence-corrected chi connectivity index (χ0v) is 7.94. The van der Waals surface area contributed by atoms with E-state index in [2.05, 4.69) is 5.32 Å². The number of benzene rings is 1. The zero-order valence-electron chi connectivity index (χ0n) is 7.19. The minimum absolute atomic E-state index is 0.0197. The molecule has 1 heterocycles. The zero-order chi connectivity index (χ0) is 9.26. The van der Waals surface area contributed by atoms with Crippen LogP contribution in [0.5, 0.6) is 0 Å². The summed E-state index contributed by atoms with van der Waals surface area (Å²) in [5, 5.41) is 3.87. The van der Waals surface area contributed by atoms with Crippen molar-refractivity contribution < 1.29 is 4.39 Å². The first kappa shape index (κ1) is 8.97.